The van der Waals surface area contributed by atoms with Crippen molar-refractivity contribution in [1.82, 2.24) is 4.90 Å². The second kappa shape index (κ2) is 9.12. The third kappa shape index (κ3) is 4.37. The van der Waals surface area contributed by atoms with E-state index in [2.05, 4.69) is 22.3 Å². The fourth-order valence-electron chi connectivity index (χ4n) is 4.36. The quantitative estimate of drug-likeness (QED) is 0.508. The molecule has 166 valence electrons. The highest BCUT2D eigenvalue weighted by Gasteiger charge is 2.39. The summed E-state index contributed by atoms with van der Waals surface area (Å²) in [6, 6.07) is 24.5. The number of hydrogen-bond donors (Lipinski definition) is 1. The molecule has 2 amide bonds. The summed E-state index contributed by atoms with van der Waals surface area (Å²) in [5.74, 6) is -0.653. The van der Waals surface area contributed by atoms with Crippen LogP contribution in [0.25, 0.3) is 5.57 Å². The second-order valence-electron chi connectivity index (χ2n) is 8.30. The van der Waals surface area contributed by atoms with E-state index in [1.807, 2.05) is 42.5 Å². The molecule has 1 saturated heterocycles. The fraction of sp³-hybridized carbons (Fsp3) is 0.185. The third-order valence-corrected chi connectivity index (χ3v) is 6.34. The first kappa shape index (κ1) is 21.3. The van der Waals surface area contributed by atoms with E-state index >= 15 is 0 Å². The molecule has 6 heteroatoms. The normalized spacial score (nSPS) is 16.2. The van der Waals surface area contributed by atoms with E-state index < -0.39 is 0 Å². The largest absolute Gasteiger partial charge is 0.372 e. The first-order valence-electron chi connectivity index (χ1n) is 11.1. The number of hydrogen-bond acceptors (Lipinski definition) is 4. The third-order valence-electron chi connectivity index (χ3n) is 6.09. The van der Waals surface area contributed by atoms with Gasteiger partial charge in [-0.05, 0) is 60.4 Å². The van der Waals surface area contributed by atoms with Crippen molar-refractivity contribution >= 4 is 40.4 Å². The van der Waals surface area contributed by atoms with Crippen LogP contribution in [0.15, 0.2) is 84.6 Å². The minimum absolute atomic E-state index is 0.217. The number of halogens is 1. The van der Waals surface area contributed by atoms with Gasteiger partial charge in [0.2, 0.25) is 0 Å². The lowest BCUT2D eigenvalue weighted by atomic mass is 10.0. The molecule has 0 bridgehead atoms. The van der Waals surface area contributed by atoms with Crippen molar-refractivity contribution in [3.05, 3.63) is 101 Å². The molecule has 0 atom stereocenters. The van der Waals surface area contributed by atoms with Crippen LogP contribution in [0.2, 0.25) is 5.02 Å². The molecule has 0 aliphatic carbocycles. The topological polar surface area (TPSA) is 52.7 Å². The molecule has 5 rings (SSSR count). The maximum absolute atomic E-state index is 13.4. The van der Waals surface area contributed by atoms with Gasteiger partial charge in [0.15, 0.2) is 0 Å². The monoisotopic (exact) mass is 457 g/mol. The van der Waals surface area contributed by atoms with E-state index in [0.717, 1.165) is 24.3 Å². The maximum Gasteiger partial charge on any atom is 0.278 e. The van der Waals surface area contributed by atoms with Crippen molar-refractivity contribution in [1.29, 1.82) is 0 Å². The van der Waals surface area contributed by atoms with Crippen LogP contribution in [0.3, 0.4) is 0 Å². The highest BCUT2D eigenvalue weighted by Crippen LogP contribution is 2.32. The number of benzene rings is 3. The lowest BCUT2D eigenvalue weighted by Crippen LogP contribution is -2.32. The van der Waals surface area contributed by atoms with Gasteiger partial charge >= 0.3 is 0 Å². The number of rotatable bonds is 6. The van der Waals surface area contributed by atoms with Gasteiger partial charge in [0.05, 0.1) is 12.1 Å². The van der Waals surface area contributed by atoms with Crippen LogP contribution in [0.5, 0.6) is 0 Å². The Kier molecular flexibility index (Phi) is 5.88. The van der Waals surface area contributed by atoms with Crippen LogP contribution in [-0.4, -0.2) is 29.8 Å². The average Bonchev–Trinajstić information content (AvgIpc) is 3.45. The van der Waals surface area contributed by atoms with E-state index in [1.54, 1.807) is 24.3 Å². The van der Waals surface area contributed by atoms with Gasteiger partial charge < -0.3 is 10.2 Å². The summed E-state index contributed by atoms with van der Waals surface area (Å²) in [4.78, 5) is 30.5. The molecule has 0 radical (unpaired) electrons. The summed E-state index contributed by atoms with van der Waals surface area (Å²) in [5.41, 5.74) is 4.13. The minimum Gasteiger partial charge on any atom is -0.372 e. The average molecular weight is 458 g/mol. The molecule has 0 saturated carbocycles. The number of carbonyl (C=O) groups is 2. The predicted octanol–water partition coefficient (Wildman–Crippen LogP) is 5.33. The summed E-state index contributed by atoms with van der Waals surface area (Å²) in [6.45, 7) is 2.36. The molecule has 3 aromatic rings. The molecule has 1 N–H and O–H groups in total. The van der Waals surface area contributed by atoms with Crippen molar-refractivity contribution in [2.24, 2.45) is 0 Å². The molecule has 33 heavy (non-hydrogen) atoms. The van der Waals surface area contributed by atoms with Crippen LogP contribution < -0.4 is 10.2 Å². The van der Waals surface area contributed by atoms with Gasteiger partial charge in [-0.15, -0.1) is 0 Å². The number of carbonyl (C=O) groups excluding carboxylic acids is 2. The standard InChI is InChI=1S/C27H24ClN3O2/c28-21-10-8-20(9-11-21)24-25(27(33)31(26(24)32)18-19-6-2-1-3-7-19)29-22-12-14-23(15-13-22)30-16-4-5-17-30/h1-3,6-15,29H,4-5,16-18H2. The highest BCUT2D eigenvalue weighted by molar-refractivity contribution is 6.36. The fourth-order valence-corrected chi connectivity index (χ4v) is 4.49. The van der Waals surface area contributed by atoms with Gasteiger partial charge in [-0.1, -0.05) is 54.1 Å². The van der Waals surface area contributed by atoms with E-state index in [4.69, 9.17) is 11.6 Å². The molecule has 1 fully saturated rings. The Balaban J connectivity index is 1.47. The molecule has 2 aliphatic heterocycles. The first-order chi connectivity index (χ1) is 16.1. The lowest BCUT2D eigenvalue weighted by Gasteiger charge is -2.18. The van der Waals surface area contributed by atoms with Crippen LogP contribution >= 0.6 is 11.6 Å². The Morgan fingerprint density at radius 3 is 2.12 bits per heavy atom. The van der Waals surface area contributed by atoms with Gasteiger partial charge in [0, 0.05) is 29.5 Å². The number of nitrogens with zero attached hydrogens (tertiary/aromatic N) is 2. The Hall–Kier alpha value is -3.57. The molecule has 2 heterocycles. The number of anilines is 2. The summed E-state index contributed by atoms with van der Waals surface area (Å²) in [7, 11) is 0. The Bertz CT molecular complexity index is 1200. The zero-order chi connectivity index (χ0) is 22.8. The molecule has 2 aliphatic rings. The van der Waals surface area contributed by atoms with Crippen molar-refractivity contribution < 1.29 is 9.59 Å². The molecular weight excluding hydrogens is 434 g/mol. The summed E-state index contributed by atoms with van der Waals surface area (Å²) in [6.07, 6.45) is 2.43. The zero-order valence-electron chi connectivity index (χ0n) is 18.1. The van der Waals surface area contributed by atoms with Crippen molar-refractivity contribution in [2.75, 3.05) is 23.3 Å². The summed E-state index contributed by atoms with van der Waals surface area (Å²) < 4.78 is 0. The maximum atomic E-state index is 13.4. The van der Waals surface area contributed by atoms with Gasteiger partial charge in [0.1, 0.15) is 5.70 Å². The summed E-state index contributed by atoms with van der Waals surface area (Å²) >= 11 is 6.06. The van der Waals surface area contributed by atoms with Crippen molar-refractivity contribution in [3.63, 3.8) is 0 Å². The van der Waals surface area contributed by atoms with E-state index in [9.17, 15) is 9.59 Å². The Labute approximate surface area is 198 Å². The predicted molar refractivity (Wildman–Crippen MR) is 132 cm³/mol. The van der Waals surface area contributed by atoms with Crippen LogP contribution in [0.1, 0.15) is 24.0 Å². The molecular formula is C27H24ClN3O2. The molecule has 3 aromatic carbocycles. The second-order valence-corrected chi connectivity index (χ2v) is 8.74. The minimum atomic E-state index is -0.336. The Morgan fingerprint density at radius 2 is 1.45 bits per heavy atom. The van der Waals surface area contributed by atoms with Crippen LogP contribution in [0, 0.1) is 0 Å². The van der Waals surface area contributed by atoms with E-state index in [0.29, 0.717) is 16.2 Å². The number of amides is 2. The van der Waals surface area contributed by atoms with Gasteiger partial charge in [-0.25, -0.2) is 0 Å². The summed E-state index contributed by atoms with van der Waals surface area (Å²) in [5, 5.41) is 3.81. The SMILES string of the molecule is O=C1C(Nc2ccc(N3CCCC3)cc2)=C(c2ccc(Cl)cc2)C(=O)N1Cc1ccccc1. The number of imide groups is 1. The van der Waals surface area contributed by atoms with E-state index in [1.165, 1.54) is 23.4 Å². The first-order valence-corrected chi connectivity index (χ1v) is 11.5. The van der Waals surface area contributed by atoms with Crippen molar-refractivity contribution in [3.8, 4) is 0 Å². The zero-order valence-corrected chi connectivity index (χ0v) is 18.9. The van der Waals surface area contributed by atoms with Crippen LogP contribution in [-0.2, 0) is 16.1 Å². The van der Waals surface area contributed by atoms with E-state index in [-0.39, 0.29) is 24.1 Å². The van der Waals surface area contributed by atoms with Gasteiger partial charge in [0.25, 0.3) is 11.8 Å². The lowest BCUT2D eigenvalue weighted by molar-refractivity contribution is -0.137. The molecule has 0 unspecified atom stereocenters. The number of nitrogens with one attached hydrogen (secondary N) is 1. The van der Waals surface area contributed by atoms with Gasteiger partial charge in [-0.2, -0.15) is 0 Å². The molecule has 0 spiro atoms. The van der Waals surface area contributed by atoms with Gasteiger partial charge in [-0.3, -0.25) is 14.5 Å². The van der Waals surface area contributed by atoms with Crippen molar-refractivity contribution in [2.45, 2.75) is 19.4 Å². The molecule has 5 nitrogen and oxygen atoms in total. The Morgan fingerprint density at radius 1 is 0.788 bits per heavy atom. The van der Waals surface area contributed by atoms with Crippen LogP contribution in [0.4, 0.5) is 11.4 Å². The smallest absolute Gasteiger partial charge is 0.278 e. The highest BCUT2D eigenvalue weighted by atomic mass is 35.5. The molecule has 0 aromatic heterocycles.